The first kappa shape index (κ1) is 18.9. The van der Waals surface area contributed by atoms with Crippen LogP contribution in [0.2, 0.25) is 0 Å². The third kappa shape index (κ3) is 3.66. The molecule has 1 saturated heterocycles. The number of alkyl halides is 1. The topological polar surface area (TPSA) is 70.1 Å². The van der Waals surface area contributed by atoms with E-state index < -0.39 is 5.67 Å². The third-order valence-electron chi connectivity index (χ3n) is 5.48. The number of amides is 1. The van der Waals surface area contributed by atoms with Crippen LogP contribution in [0.1, 0.15) is 52.4 Å². The molecule has 27 heavy (non-hydrogen) atoms. The molecule has 0 atom stereocenters. The molecule has 0 spiro atoms. The molecule has 1 aliphatic rings. The maximum Gasteiger partial charge on any atom is 0.254 e. The van der Waals surface area contributed by atoms with Gasteiger partial charge in [-0.1, -0.05) is 25.1 Å². The number of carbonyl (C=O) groups is 1. The lowest BCUT2D eigenvalue weighted by Crippen LogP contribution is -2.43. The van der Waals surface area contributed by atoms with Crippen molar-refractivity contribution >= 4 is 11.6 Å². The molecular weight excluding hydrogens is 341 g/mol. The van der Waals surface area contributed by atoms with Crippen LogP contribution >= 0.6 is 0 Å². The molecule has 0 unspecified atom stereocenters. The van der Waals surface area contributed by atoms with Gasteiger partial charge in [0.25, 0.3) is 5.91 Å². The summed E-state index contributed by atoms with van der Waals surface area (Å²) in [7, 11) is 0. The van der Waals surface area contributed by atoms with E-state index in [0.717, 1.165) is 17.5 Å². The fourth-order valence-corrected chi connectivity index (χ4v) is 3.64. The number of aryl methyl sites for hydroxylation is 2. The van der Waals surface area contributed by atoms with E-state index in [9.17, 15) is 4.79 Å². The van der Waals surface area contributed by atoms with Crippen molar-refractivity contribution in [2.75, 3.05) is 18.8 Å². The van der Waals surface area contributed by atoms with Crippen molar-refractivity contribution < 1.29 is 9.18 Å². The lowest BCUT2D eigenvalue weighted by Gasteiger charge is -2.37. The summed E-state index contributed by atoms with van der Waals surface area (Å²) in [4.78, 5) is 14.7. The Balaban J connectivity index is 1.76. The molecule has 0 saturated carbocycles. The van der Waals surface area contributed by atoms with Crippen molar-refractivity contribution in [3.8, 4) is 6.07 Å². The van der Waals surface area contributed by atoms with Crippen LogP contribution in [0.4, 0.5) is 10.1 Å². The zero-order valence-corrected chi connectivity index (χ0v) is 15.8. The normalized spacial score (nSPS) is 16.0. The second-order valence-corrected chi connectivity index (χ2v) is 7.17. The lowest BCUT2D eigenvalue weighted by atomic mass is 9.85. The molecule has 2 aromatic rings. The molecule has 4 nitrogen and oxygen atoms in total. The number of nitrogens with two attached hydrogens (primary N) is 1. The van der Waals surface area contributed by atoms with Crippen molar-refractivity contribution in [2.45, 2.75) is 38.8 Å². The zero-order chi connectivity index (χ0) is 19.6. The highest BCUT2D eigenvalue weighted by molar-refractivity contribution is 5.97. The molecule has 2 aromatic carbocycles. The smallest absolute Gasteiger partial charge is 0.254 e. The number of carbonyl (C=O) groups excluding carboxylic acids is 1. The van der Waals surface area contributed by atoms with Gasteiger partial charge in [0.05, 0.1) is 11.6 Å². The molecule has 1 amide bonds. The summed E-state index contributed by atoms with van der Waals surface area (Å²) in [5.74, 6) is -0.0829. The number of nitrogen functional groups attached to an aromatic ring is 1. The van der Waals surface area contributed by atoms with Crippen molar-refractivity contribution in [1.82, 2.24) is 4.90 Å². The molecule has 5 heteroatoms. The van der Waals surface area contributed by atoms with E-state index in [2.05, 4.69) is 0 Å². The summed E-state index contributed by atoms with van der Waals surface area (Å²) in [6.07, 6.45) is 1.23. The molecule has 1 aliphatic heterocycles. The lowest BCUT2D eigenvalue weighted by molar-refractivity contribution is 0.0420. The molecule has 140 valence electrons. The number of rotatable bonds is 3. The Morgan fingerprint density at radius 3 is 2.44 bits per heavy atom. The molecule has 1 heterocycles. The molecule has 0 aliphatic carbocycles. The zero-order valence-electron chi connectivity index (χ0n) is 15.8. The Morgan fingerprint density at radius 1 is 1.26 bits per heavy atom. The molecular formula is C22H24FN3O. The van der Waals surface area contributed by atoms with Gasteiger partial charge >= 0.3 is 0 Å². The number of hydrogen-bond acceptors (Lipinski definition) is 3. The van der Waals surface area contributed by atoms with Crippen LogP contribution in [0.25, 0.3) is 0 Å². The summed E-state index contributed by atoms with van der Waals surface area (Å²) in [5.41, 5.74) is 8.77. The molecule has 3 rings (SSSR count). The molecule has 0 radical (unpaired) electrons. The Bertz CT molecular complexity index is 891. The maximum absolute atomic E-state index is 15.4. The SMILES string of the molecule is CCc1cc(C)c(N)cc1C(=O)N1CCC(F)(c2ccc(C#N)cc2)CC1. The second-order valence-electron chi connectivity index (χ2n) is 7.17. The number of nitrogens with zero attached hydrogens (tertiary/aromatic N) is 2. The third-order valence-corrected chi connectivity index (χ3v) is 5.48. The molecule has 0 aromatic heterocycles. The summed E-state index contributed by atoms with van der Waals surface area (Å²) in [5, 5.41) is 8.89. The average Bonchev–Trinajstić information content (AvgIpc) is 2.69. The van der Waals surface area contributed by atoms with Crippen molar-refractivity contribution in [2.24, 2.45) is 0 Å². The van der Waals surface area contributed by atoms with Gasteiger partial charge in [-0.2, -0.15) is 5.26 Å². The van der Waals surface area contributed by atoms with Gasteiger partial charge in [-0.15, -0.1) is 0 Å². The summed E-state index contributed by atoms with van der Waals surface area (Å²) < 4.78 is 15.4. The van der Waals surface area contributed by atoms with E-state index in [0.29, 0.717) is 35.5 Å². The van der Waals surface area contributed by atoms with Crippen molar-refractivity contribution in [1.29, 1.82) is 5.26 Å². The van der Waals surface area contributed by atoms with Crippen molar-refractivity contribution in [3.63, 3.8) is 0 Å². The number of benzene rings is 2. The van der Waals surface area contributed by atoms with Crippen LogP contribution in [0.3, 0.4) is 0 Å². The highest BCUT2D eigenvalue weighted by atomic mass is 19.1. The van der Waals surface area contributed by atoms with E-state index in [1.165, 1.54) is 0 Å². The van der Waals surface area contributed by atoms with E-state index in [1.807, 2.05) is 26.0 Å². The monoisotopic (exact) mass is 365 g/mol. The minimum absolute atomic E-state index is 0.0829. The predicted octanol–water partition coefficient (Wildman–Crippen LogP) is 4.11. The first-order valence-corrected chi connectivity index (χ1v) is 9.26. The fraction of sp³-hybridized carbons (Fsp3) is 0.364. The highest BCUT2D eigenvalue weighted by Crippen LogP contribution is 2.37. The van der Waals surface area contributed by atoms with E-state index in [1.54, 1.807) is 35.2 Å². The van der Waals surface area contributed by atoms with Crippen LogP contribution < -0.4 is 5.73 Å². The number of likely N-dealkylation sites (tertiary alicyclic amines) is 1. The van der Waals surface area contributed by atoms with Gasteiger partial charge < -0.3 is 10.6 Å². The second kappa shape index (κ2) is 7.40. The minimum Gasteiger partial charge on any atom is -0.398 e. The number of nitriles is 1. The maximum atomic E-state index is 15.4. The summed E-state index contributed by atoms with van der Waals surface area (Å²) in [6, 6.07) is 12.4. The van der Waals surface area contributed by atoms with E-state index in [4.69, 9.17) is 11.0 Å². The van der Waals surface area contributed by atoms with E-state index in [-0.39, 0.29) is 18.7 Å². The first-order chi connectivity index (χ1) is 12.9. The Labute approximate surface area is 159 Å². The number of anilines is 1. The van der Waals surface area contributed by atoms with Gasteiger partial charge in [-0.3, -0.25) is 4.79 Å². The predicted molar refractivity (Wildman–Crippen MR) is 104 cm³/mol. The van der Waals surface area contributed by atoms with Gasteiger partial charge in [-0.25, -0.2) is 4.39 Å². The van der Waals surface area contributed by atoms with Crippen LogP contribution in [0.5, 0.6) is 0 Å². The van der Waals surface area contributed by atoms with Crippen molar-refractivity contribution in [3.05, 3.63) is 64.2 Å². The standard InChI is InChI=1S/C22H24FN3O/c1-3-17-12-15(2)20(25)13-19(17)21(27)26-10-8-22(23,9-11-26)18-6-4-16(14-24)5-7-18/h4-7,12-13H,3,8-11,25H2,1-2H3. The highest BCUT2D eigenvalue weighted by Gasteiger charge is 2.38. The molecule has 0 bridgehead atoms. The summed E-state index contributed by atoms with van der Waals surface area (Å²) >= 11 is 0. The van der Waals surface area contributed by atoms with Gasteiger partial charge in [0.2, 0.25) is 0 Å². The average molecular weight is 365 g/mol. The number of halogens is 1. The van der Waals surface area contributed by atoms with Gasteiger partial charge in [0.1, 0.15) is 5.67 Å². The fourth-order valence-electron chi connectivity index (χ4n) is 3.64. The van der Waals surface area contributed by atoms with Gasteiger partial charge in [-0.05, 0) is 48.2 Å². The molecule has 1 fully saturated rings. The van der Waals surface area contributed by atoms with Crippen LogP contribution in [-0.4, -0.2) is 23.9 Å². The quantitative estimate of drug-likeness (QED) is 0.832. The summed E-state index contributed by atoms with van der Waals surface area (Å²) in [6.45, 7) is 4.65. The Hall–Kier alpha value is -2.87. The Kier molecular flexibility index (Phi) is 5.18. The number of piperidine rings is 1. The van der Waals surface area contributed by atoms with Crippen LogP contribution in [0.15, 0.2) is 36.4 Å². The Morgan fingerprint density at radius 2 is 1.89 bits per heavy atom. The van der Waals surface area contributed by atoms with Crippen LogP contribution in [-0.2, 0) is 12.1 Å². The number of hydrogen-bond donors (Lipinski definition) is 1. The van der Waals surface area contributed by atoms with Gasteiger partial charge in [0.15, 0.2) is 0 Å². The largest absolute Gasteiger partial charge is 0.398 e. The van der Waals surface area contributed by atoms with Gasteiger partial charge in [0, 0.05) is 37.2 Å². The first-order valence-electron chi connectivity index (χ1n) is 9.26. The molecule has 2 N–H and O–H groups in total. The minimum atomic E-state index is -1.47. The van der Waals surface area contributed by atoms with Crippen LogP contribution in [0, 0.1) is 18.3 Å². The van der Waals surface area contributed by atoms with E-state index >= 15 is 4.39 Å².